The van der Waals surface area contributed by atoms with Gasteiger partial charge in [0.05, 0.1) is 0 Å². The quantitative estimate of drug-likeness (QED) is 0.604. The minimum Gasteiger partial charge on any atom is -0.0839 e. The second-order valence-electron chi connectivity index (χ2n) is 4.86. The first-order chi connectivity index (χ1) is 7.26. The Kier molecular flexibility index (Phi) is 3.14. The molecule has 0 fully saturated rings. The highest BCUT2D eigenvalue weighted by Crippen LogP contribution is 2.42. The summed E-state index contributed by atoms with van der Waals surface area (Å²) >= 11 is 0. The Bertz CT molecular complexity index is 339. The zero-order valence-electron chi connectivity index (χ0n) is 10.3. The first-order valence-corrected chi connectivity index (χ1v) is 6.34. The van der Waals surface area contributed by atoms with Crippen molar-refractivity contribution in [2.75, 3.05) is 0 Å². The second-order valence-corrected chi connectivity index (χ2v) is 4.86. The Morgan fingerprint density at radius 3 is 2.93 bits per heavy atom. The average Bonchev–Trinajstić information content (AvgIpc) is 2.67. The number of allylic oxidation sites excluding steroid dienone is 6. The fourth-order valence-corrected chi connectivity index (χ4v) is 3.04. The van der Waals surface area contributed by atoms with Gasteiger partial charge in [-0.1, -0.05) is 31.6 Å². The van der Waals surface area contributed by atoms with Gasteiger partial charge in [0.25, 0.3) is 0 Å². The van der Waals surface area contributed by atoms with Crippen molar-refractivity contribution in [3.8, 4) is 0 Å². The van der Waals surface area contributed by atoms with Crippen molar-refractivity contribution in [1.29, 1.82) is 0 Å². The summed E-state index contributed by atoms with van der Waals surface area (Å²) in [6, 6.07) is 0. The zero-order chi connectivity index (χ0) is 10.8. The molecule has 0 aliphatic heterocycles. The van der Waals surface area contributed by atoms with Gasteiger partial charge in [-0.2, -0.15) is 0 Å². The topological polar surface area (TPSA) is 0 Å². The minimum atomic E-state index is 0.748. The van der Waals surface area contributed by atoms with Crippen LogP contribution in [0, 0.1) is 5.92 Å². The van der Waals surface area contributed by atoms with E-state index in [0.29, 0.717) is 0 Å². The smallest absolute Gasteiger partial charge is 0.0215 e. The van der Waals surface area contributed by atoms with Gasteiger partial charge in [-0.05, 0) is 61.7 Å². The van der Waals surface area contributed by atoms with Crippen LogP contribution >= 0.6 is 0 Å². The highest BCUT2D eigenvalue weighted by atomic mass is 14.3. The average molecular weight is 202 g/mol. The maximum atomic E-state index is 2.50. The normalized spacial score (nSPS) is 26.7. The van der Waals surface area contributed by atoms with Gasteiger partial charge >= 0.3 is 0 Å². The van der Waals surface area contributed by atoms with Crippen molar-refractivity contribution in [1.82, 2.24) is 0 Å². The monoisotopic (exact) mass is 202 g/mol. The van der Waals surface area contributed by atoms with E-state index in [-0.39, 0.29) is 0 Å². The number of rotatable bonds is 2. The molecule has 0 heteroatoms. The van der Waals surface area contributed by atoms with Crippen molar-refractivity contribution in [3.05, 3.63) is 34.4 Å². The van der Waals surface area contributed by atoms with Gasteiger partial charge in [0, 0.05) is 0 Å². The lowest BCUT2D eigenvalue weighted by molar-refractivity contribution is 0.682. The van der Waals surface area contributed by atoms with Gasteiger partial charge < -0.3 is 0 Å². The molecule has 2 aliphatic carbocycles. The van der Waals surface area contributed by atoms with Crippen LogP contribution < -0.4 is 0 Å². The fourth-order valence-electron chi connectivity index (χ4n) is 3.04. The van der Waals surface area contributed by atoms with Gasteiger partial charge in [-0.15, -0.1) is 0 Å². The van der Waals surface area contributed by atoms with Crippen molar-refractivity contribution in [3.63, 3.8) is 0 Å². The lowest BCUT2D eigenvalue weighted by Gasteiger charge is -2.22. The largest absolute Gasteiger partial charge is 0.0839 e. The van der Waals surface area contributed by atoms with Crippen LogP contribution in [0.3, 0.4) is 0 Å². The minimum absolute atomic E-state index is 0.748. The molecule has 0 heterocycles. The van der Waals surface area contributed by atoms with Crippen LogP contribution in [0.2, 0.25) is 0 Å². The van der Waals surface area contributed by atoms with E-state index in [0.717, 1.165) is 5.92 Å². The molecule has 0 aromatic heterocycles. The lowest BCUT2D eigenvalue weighted by atomic mass is 9.83. The molecule has 0 radical (unpaired) electrons. The van der Waals surface area contributed by atoms with E-state index in [4.69, 9.17) is 0 Å². The molecule has 0 saturated heterocycles. The van der Waals surface area contributed by atoms with Gasteiger partial charge in [-0.3, -0.25) is 0 Å². The van der Waals surface area contributed by atoms with Crippen molar-refractivity contribution >= 4 is 0 Å². The molecule has 82 valence electrons. The predicted molar refractivity (Wildman–Crippen MR) is 66.8 cm³/mol. The van der Waals surface area contributed by atoms with Crippen LogP contribution in [-0.2, 0) is 0 Å². The Labute approximate surface area is 93.8 Å². The van der Waals surface area contributed by atoms with Gasteiger partial charge in [0.1, 0.15) is 0 Å². The first kappa shape index (κ1) is 10.7. The molecule has 2 rings (SSSR count). The molecule has 0 bridgehead atoms. The summed E-state index contributed by atoms with van der Waals surface area (Å²) in [7, 11) is 0. The molecule has 1 unspecified atom stereocenters. The number of hydrogen-bond acceptors (Lipinski definition) is 0. The lowest BCUT2D eigenvalue weighted by Crippen LogP contribution is -2.05. The van der Waals surface area contributed by atoms with Crippen molar-refractivity contribution < 1.29 is 0 Å². The molecular formula is C15H22. The standard InChI is InChI=1S/C15H22/c1-4-12(5-2)15-10-11(3)9-13-7-6-8-14(13)15/h4,10-11H,5-9H2,1-3H3. The van der Waals surface area contributed by atoms with Crippen LogP contribution in [-0.4, -0.2) is 0 Å². The molecule has 0 N–H and O–H groups in total. The third-order valence-electron chi connectivity index (χ3n) is 3.75. The summed E-state index contributed by atoms with van der Waals surface area (Å²) in [6.45, 7) is 6.80. The summed E-state index contributed by atoms with van der Waals surface area (Å²) in [5.41, 5.74) is 6.60. The SMILES string of the molecule is CC=C(CC)C1=CC(C)CC2=C1CCC2. The fraction of sp³-hybridized carbons (Fsp3) is 0.600. The van der Waals surface area contributed by atoms with E-state index in [2.05, 4.69) is 32.9 Å². The summed E-state index contributed by atoms with van der Waals surface area (Å²) in [5, 5.41) is 0. The van der Waals surface area contributed by atoms with Crippen LogP contribution in [0.15, 0.2) is 34.4 Å². The second kappa shape index (κ2) is 4.38. The zero-order valence-corrected chi connectivity index (χ0v) is 10.3. The molecule has 0 aromatic carbocycles. The molecule has 0 aromatic rings. The number of hydrogen-bond donors (Lipinski definition) is 0. The predicted octanol–water partition coefficient (Wildman–Crippen LogP) is 4.79. The van der Waals surface area contributed by atoms with Crippen molar-refractivity contribution in [2.45, 2.75) is 52.9 Å². The van der Waals surface area contributed by atoms with Crippen molar-refractivity contribution in [2.24, 2.45) is 5.92 Å². The van der Waals surface area contributed by atoms with E-state index < -0.39 is 0 Å². The van der Waals surface area contributed by atoms with Crippen LogP contribution in [0.5, 0.6) is 0 Å². The Morgan fingerprint density at radius 2 is 2.27 bits per heavy atom. The Balaban J connectivity index is 2.36. The van der Waals surface area contributed by atoms with Gasteiger partial charge in [0.2, 0.25) is 0 Å². The van der Waals surface area contributed by atoms with Crippen LogP contribution in [0.4, 0.5) is 0 Å². The Hall–Kier alpha value is -0.780. The summed E-state index contributed by atoms with van der Waals surface area (Å²) in [6.07, 6.45) is 11.4. The first-order valence-electron chi connectivity index (χ1n) is 6.34. The van der Waals surface area contributed by atoms with Gasteiger partial charge in [0.15, 0.2) is 0 Å². The molecule has 1 atom stereocenters. The van der Waals surface area contributed by atoms with E-state index in [1.54, 1.807) is 22.3 Å². The molecule has 0 spiro atoms. The maximum Gasteiger partial charge on any atom is -0.0215 e. The molecular weight excluding hydrogens is 180 g/mol. The maximum absolute atomic E-state index is 2.50. The van der Waals surface area contributed by atoms with Crippen LogP contribution in [0.1, 0.15) is 52.9 Å². The molecule has 2 aliphatic rings. The highest BCUT2D eigenvalue weighted by molar-refractivity contribution is 5.52. The summed E-state index contributed by atoms with van der Waals surface area (Å²) < 4.78 is 0. The summed E-state index contributed by atoms with van der Waals surface area (Å²) in [5.74, 6) is 0.748. The van der Waals surface area contributed by atoms with Crippen LogP contribution in [0.25, 0.3) is 0 Å². The van der Waals surface area contributed by atoms with E-state index in [1.165, 1.54) is 32.1 Å². The molecule has 15 heavy (non-hydrogen) atoms. The highest BCUT2D eigenvalue weighted by Gasteiger charge is 2.24. The molecule has 0 saturated carbocycles. The molecule has 0 amide bonds. The van der Waals surface area contributed by atoms with E-state index in [1.807, 2.05) is 0 Å². The third-order valence-corrected chi connectivity index (χ3v) is 3.75. The Morgan fingerprint density at radius 1 is 1.47 bits per heavy atom. The molecule has 0 nitrogen and oxygen atoms in total. The summed E-state index contributed by atoms with van der Waals surface area (Å²) in [4.78, 5) is 0. The van der Waals surface area contributed by atoms with E-state index in [9.17, 15) is 0 Å². The third kappa shape index (κ3) is 1.95. The van der Waals surface area contributed by atoms with E-state index >= 15 is 0 Å². The van der Waals surface area contributed by atoms with Gasteiger partial charge in [-0.25, -0.2) is 0 Å².